The molecule has 0 radical (unpaired) electrons. The highest BCUT2D eigenvalue weighted by molar-refractivity contribution is 5.76. The van der Waals surface area contributed by atoms with E-state index in [4.69, 9.17) is 5.73 Å². The van der Waals surface area contributed by atoms with Gasteiger partial charge < -0.3 is 11.1 Å². The Hall–Kier alpha value is -0.570. The van der Waals surface area contributed by atoms with Crippen LogP contribution in [0.15, 0.2) is 0 Å². The first-order chi connectivity index (χ1) is 9.17. The third kappa shape index (κ3) is 4.79. The van der Waals surface area contributed by atoms with Gasteiger partial charge in [0.15, 0.2) is 0 Å². The van der Waals surface area contributed by atoms with Gasteiger partial charge in [0.25, 0.3) is 0 Å². The zero-order chi connectivity index (χ0) is 13.7. The van der Waals surface area contributed by atoms with Crippen LogP contribution in [0.5, 0.6) is 0 Å². The average Bonchev–Trinajstić information content (AvgIpc) is 2.42. The molecule has 0 atom stereocenters. The van der Waals surface area contributed by atoms with Gasteiger partial charge in [0.2, 0.25) is 5.91 Å². The van der Waals surface area contributed by atoms with Crippen LogP contribution in [0.1, 0.15) is 64.7 Å². The number of hydrogen-bond donors (Lipinski definition) is 2. The van der Waals surface area contributed by atoms with Crippen molar-refractivity contribution in [3.05, 3.63) is 0 Å². The lowest BCUT2D eigenvalue weighted by molar-refractivity contribution is -0.123. The van der Waals surface area contributed by atoms with Crippen LogP contribution in [0.4, 0.5) is 0 Å². The fourth-order valence-electron chi connectivity index (χ4n) is 3.62. The maximum Gasteiger partial charge on any atom is 0.220 e. The first-order valence-electron chi connectivity index (χ1n) is 8.16. The third-order valence-electron chi connectivity index (χ3n) is 5.15. The van der Waals surface area contributed by atoms with E-state index in [0.717, 1.165) is 18.9 Å². The highest BCUT2D eigenvalue weighted by Gasteiger charge is 2.24. The minimum Gasteiger partial charge on any atom is -0.353 e. The summed E-state index contributed by atoms with van der Waals surface area (Å²) < 4.78 is 0. The van der Waals surface area contributed by atoms with Crippen LogP contribution in [0.2, 0.25) is 0 Å². The van der Waals surface area contributed by atoms with Crippen LogP contribution in [0.3, 0.4) is 0 Å². The van der Waals surface area contributed by atoms with Crippen LogP contribution in [-0.4, -0.2) is 18.5 Å². The molecule has 0 aromatic rings. The van der Waals surface area contributed by atoms with Crippen molar-refractivity contribution < 1.29 is 4.79 Å². The van der Waals surface area contributed by atoms with E-state index in [0.29, 0.717) is 17.9 Å². The van der Waals surface area contributed by atoms with Crippen LogP contribution in [-0.2, 0) is 4.79 Å². The normalized spacial score (nSPS) is 35.9. The summed E-state index contributed by atoms with van der Waals surface area (Å²) in [6, 6.07) is 0.448. The molecule has 2 fully saturated rings. The molecule has 0 aliphatic heterocycles. The highest BCUT2D eigenvalue weighted by atomic mass is 16.1. The molecule has 0 bridgehead atoms. The standard InChI is InChI=1S/C16H30N2O/c1-12-2-8-15(9-3-12)18-16(19)10-13-4-6-14(11-17)7-5-13/h12-15H,2-11,17H2,1H3,(H,18,19). The van der Waals surface area contributed by atoms with E-state index in [1.807, 2.05) is 0 Å². The lowest BCUT2D eigenvalue weighted by atomic mass is 9.80. The summed E-state index contributed by atoms with van der Waals surface area (Å²) in [5.74, 6) is 2.44. The fourth-order valence-corrected chi connectivity index (χ4v) is 3.62. The van der Waals surface area contributed by atoms with E-state index in [9.17, 15) is 4.79 Å². The molecule has 3 nitrogen and oxygen atoms in total. The Morgan fingerprint density at radius 3 is 2.16 bits per heavy atom. The van der Waals surface area contributed by atoms with Crippen LogP contribution in [0, 0.1) is 17.8 Å². The summed E-state index contributed by atoms with van der Waals surface area (Å²) in [6.45, 7) is 3.13. The van der Waals surface area contributed by atoms with Crippen molar-refractivity contribution in [3.8, 4) is 0 Å². The number of amides is 1. The zero-order valence-electron chi connectivity index (χ0n) is 12.4. The second kappa shape index (κ2) is 7.28. The highest BCUT2D eigenvalue weighted by Crippen LogP contribution is 2.30. The number of rotatable bonds is 4. The van der Waals surface area contributed by atoms with E-state index in [1.54, 1.807) is 0 Å². The van der Waals surface area contributed by atoms with Crippen LogP contribution < -0.4 is 11.1 Å². The number of nitrogens with one attached hydrogen (secondary N) is 1. The monoisotopic (exact) mass is 266 g/mol. The molecule has 19 heavy (non-hydrogen) atoms. The van der Waals surface area contributed by atoms with E-state index >= 15 is 0 Å². The van der Waals surface area contributed by atoms with Gasteiger partial charge in [0.05, 0.1) is 0 Å². The second-order valence-corrected chi connectivity index (χ2v) is 6.85. The Morgan fingerprint density at radius 1 is 1.00 bits per heavy atom. The molecule has 2 aliphatic carbocycles. The Kier molecular flexibility index (Phi) is 5.68. The second-order valence-electron chi connectivity index (χ2n) is 6.85. The molecule has 0 spiro atoms. The molecule has 3 N–H and O–H groups in total. The molecule has 0 saturated heterocycles. The van der Waals surface area contributed by atoms with Gasteiger partial charge in [-0.1, -0.05) is 6.92 Å². The number of carbonyl (C=O) groups excluding carboxylic acids is 1. The van der Waals surface area contributed by atoms with E-state index in [1.165, 1.54) is 51.4 Å². The molecule has 0 heterocycles. The molecular formula is C16H30N2O. The van der Waals surface area contributed by atoms with Gasteiger partial charge in [-0.05, 0) is 75.7 Å². The quantitative estimate of drug-likeness (QED) is 0.822. The minimum atomic E-state index is 0.288. The van der Waals surface area contributed by atoms with Gasteiger partial charge in [0.1, 0.15) is 0 Å². The van der Waals surface area contributed by atoms with Gasteiger partial charge in [-0.3, -0.25) is 4.79 Å². The largest absolute Gasteiger partial charge is 0.353 e. The maximum absolute atomic E-state index is 12.1. The summed E-state index contributed by atoms with van der Waals surface area (Å²) in [5, 5.41) is 3.25. The van der Waals surface area contributed by atoms with Crippen molar-refractivity contribution in [1.82, 2.24) is 5.32 Å². The Morgan fingerprint density at radius 2 is 1.58 bits per heavy atom. The van der Waals surface area contributed by atoms with E-state index in [-0.39, 0.29) is 5.91 Å². The predicted octanol–water partition coefficient (Wildman–Crippen LogP) is 2.84. The smallest absolute Gasteiger partial charge is 0.220 e. The van der Waals surface area contributed by atoms with Gasteiger partial charge in [-0.15, -0.1) is 0 Å². The lowest BCUT2D eigenvalue weighted by Crippen LogP contribution is -2.38. The molecular weight excluding hydrogens is 236 g/mol. The minimum absolute atomic E-state index is 0.288. The maximum atomic E-state index is 12.1. The molecule has 2 rings (SSSR count). The van der Waals surface area contributed by atoms with Crippen LogP contribution in [0.25, 0.3) is 0 Å². The topological polar surface area (TPSA) is 55.1 Å². The molecule has 2 saturated carbocycles. The number of nitrogens with two attached hydrogens (primary N) is 1. The van der Waals surface area contributed by atoms with Crippen LogP contribution >= 0.6 is 0 Å². The van der Waals surface area contributed by atoms with Gasteiger partial charge in [0, 0.05) is 12.5 Å². The molecule has 2 aliphatic rings. The Labute approximate surface area is 117 Å². The van der Waals surface area contributed by atoms with Crippen molar-refractivity contribution in [3.63, 3.8) is 0 Å². The number of carbonyl (C=O) groups is 1. The van der Waals surface area contributed by atoms with Crippen molar-refractivity contribution >= 4 is 5.91 Å². The van der Waals surface area contributed by atoms with Crippen molar-refractivity contribution in [2.24, 2.45) is 23.5 Å². The summed E-state index contributed by atoms with van der Waals surface area (Å²) in [5.41, 5.74) is 5.71. The van der Waals surface area contributed by atoms with Gasteiger partial charge in [-0.2, -0.15) is 0 Å². The number of hydrogen-bond acceptors (Lipinski definition) is 2. The first kappa shape index (κ1) is 14.8. The van der Waals surface area contributed by atoms with Crippen molar-refractivity contribution in [2.75, 3.05) is 6.54 Å². The summed E-state index contributed by atoms with van der Waals surface area (Å²) in [7, 11) is 0. The summed E-state index contributed by atoms with van der Waals surface area (Å²) in [6.07, 6.45) is 10.4. The van der Waals surface area contributed by atoms with E-state index in [2.05, 4.69) is 12.2 Å². The SMILES string of the molecule is CC1CCC(NC(=O)CC2CCC(CN)CC2)CC1. The first-order valence-corrected chi connectivity index (χ1v) is 8.16. The van der Waals surface area contributed by atoms with Crippen molar-refractivity contribution in [1.29, 1.82) is 0 Å². The Bertz CT molecular complexity index is 276. The summed E-state index contributed by atoms with van der Waals surface area (Å²) in [4.78, 5) is 12.1. The Balaban J connectivity index is 1.64. The molecule has 110 valence electrons. The average molecular weight is 266 g/mol. The van der Waals surface area contributed by atoms with Gasteiger partial charge >= 0.3 is 0 Å². The van der Waals surface area contributed by atoms with Crippen molar-refractivity contribution in [2.45, 2.75) is 70.8 Å². The zero-order valence-corrected chi connectivity index (χ0v) is 12.4. The van der Waals surface area contributed by atoms with Gasteiger partial charge in [-0.25, -0.2) is 0 Å². The molecule has 0 aromatic heterocycles. The predicted molar refractivity (Wildman–Crippen MR) is 78.7 cm³/mol. The fraction of sp³-hybridized carbons (Fsp3) is 0.938. The third-order valence-corrected chi connectivity index (χ3v) is 5.15. The van der Waals surface area contributed by atoms with E-state index < -0.39 is 0 Å². The lowest BCUT2D eigenvalue weighted by Gasteiger charge is -2.29. The molecule has 0 unspecified atom stereocenters. The summed E-state index contributed by atoms with van der Waals surface area (Å²) >= 11 is 0. The molecule has 1 amide bonds. The molecule has 0 aromatic carbocycles. The molecule has 3 heteroatoms.